The Labute approximate surface area is 177 Å². The van der Waals surface area contributed by atoms with Crippen molar-refractivity contribution in [2.45, 2.75) is 50.2 Å². The van der Waals surface area contributed by atoms with Crippen molar-refractivity contribution in [3.8, 4) is 5.75 Å². The summed E-state index contributed by atoms with van der Waals surface area (Å²) in [6.07, 6.45) is 4.93. The molecule has 3 N–H and O–H groups in total. The summed E-state index contributed by atoms with van der Waals surface area (Å²) in [5.74, 6) is 0.368. The van der Waals surface area contributed by atoms with Gasteiger partial charge in [-0.25, -0.2) is 0 Å². The van der Waals surface area contributed by atoms with Crippen LogP contribution >= 0.6 is 11.6 Å². The van der Waals surface area contributed by atoms with Crippen LogP contribution in [-0.2, 0) is 9.53 Å². The molecule has 1 unspecified atom stereocenters. The second kappa shape index (κ2) is 12.2. The van der Waals surface area contributed by atoms with Crippen molar-refractivity contribution < 1.29 is 29.6 Å². The Hall–Kier alpha value is -1.60. The number of aliphatic hydroxyl groups is 3. The Morgan fingerprint density at radius 2 is 2.00 bits per heavy atom. The van der Waals surface area contributed by atoms with Gasteiger partial charge in [-0.1, -0.05) is 24.3 Å². The average Bonchev–Trinajstić information content (AvgIpc) is 2.97. The van der Waals surface area contributed by atoms with Crippen LogP contribution in [0.3, 0.4) is 0 Å². The maximum atomic E-state index is 11.4. The van der Waals surface area contributed by atoms with Gasteiger partial charge >= 0.3 is 5.97 Å². The summed E-state index contributed by atoms with van der Waals surface area (Å²) < 4.78 is 10.7. The van der Waals surface area contributed by atoms with Gasteiger partial charge in [0.1, 0.15) is 12.4 Å². The lowest BCUT2D eigenvalue weighted by molar-refractivity contribution is -0.144. The van der Waals surface area contributed by atoms with Gasteiger partial charge in [0.25, 0.3) is 0 Å². The van der Waals surface area contributed by atoms with Crippen LogP contribution in [0.1, 0.15) is 44.3 Å². The van der Waals surface area contributed by atoms with Crippen LogP contribution < -0.4 is 4.74 Å². The number of hydrogen-bond donors (Lipinski definition) is 3. The van der Waals surface area contributed by atoms with Gasteiger partial charge in [0.15, 0.2) is 0 Å². The summed E-state index contributed by atoms with van der Waals surface area (Å²) in [5.41, 5.74) is 0.822. The molecule has 0 saturated heterocycles. The van der Waals surface area contributed by atoms with E-state index in [4.69, 9.17) is 26.2 Å². The first-order valence-corrected chi connectivity index (χ1v) is 10.5. The highest BCUT2D eigenvalue weighted by Crippen LogP contribution is 2.39. The van der Waals surface area contributed by atoms with Gasteiger partial charge < -0.3 is 24.8 Å². The molecule has 0 spiro atoms. The van der Waals surface area contributed by atoms with Gasteiger partial charge in [-0.15, -0.1) is 11.6 Å². The molecule has 0 amide bonds. The van der Waals surface area contributed by atoms with Crippen LogP contribution in [0.2, 0.25) is 0 Å². The molecule has 0 heterocycles. The Kier molecular flexibility index (Phi) is 9.94. The number of hydrogen-bond acceptors (Lipinski definition) is 6. The number of halogens is 1. The van der Waals surface area contributed by atoms with Crippen molar-refractivity contribution in [3.05, 3.63) is 42.0 Å². The van der Waals surface area contributed by atoms with E-state index in [-0.39, 0.29) is 42.8 Å². The molecule has 29 heavy (non-hydrogen) atoms. The van der Waals surface area contributed by atoms with E-state index < -0.39 is 12.2 Å². The largest absolute Gasteiger partial charge is 0.493 e. The second-order valence-electron chi connectivity index (χ2n) is 7.39. The monoisotopic (exact) mass is 426 g/mol. The average molecular weight is 427 g/mol. The molecule has 0 radical (unpaired) electrons. The molecule has 6 nitrogen and oxygen atoms in total. The van der Waals surface area contributed by atoms with E-state index >= 15 is 0 Å². The van der Waals surface area contributed by atoms with Gasteiger partial charge in [-0.2, -0.15) is 0 Å². The predicted octanol–water partition coefficient (Wildman–Crippen LogP) is 2.99. The third-order valence-corrected chi connectivity index (χ3v) is 5.73. The van der Waals surface area contributed by atoms with Crippen molar-refractivity contribution in [1.82, 2.24) is 0 Å². The topological polar surface area (TPSA) is 96.2 Å². The minimum absolute atomic E-state index is 0.0276. The number of ether oxygens (including phenoxy) is 2. The zero-order valence-corrected chi connectivity index (χ0v) is 17.5. The van der Waals surface area contributed by atoms with Crippen molar-refractivity contribution in [3.63, 3.8) is 0 Å². The van der Waals surface area contributed by atoms with Crippen molar-refractivity contribution in [1.29, 1.82) is 0 Å². The van der Waals surface area contributed by atoms with Gasteiger partial charge in [0.05, 0.1) is 25.4 Å². The number of benzene rings is 1. The van der Waals surface area contributed by atoms with E-state index in [1.54, 1.807) is 6.92 Å². The van der Waals surface area contributed by atoms with Crippen LogP contribution in [0.4, 0.5) is 0 Å². The van der Waals surface area contributed by atoms with Gasteiger partial charge in [0, 0.05) is 17.7 Å². The van der Waals surface area contributed by atoms with Crippen LogP contribution in [-0.4, -0.2) is 52.6 Å². The molecule has 1 aliphatic rings. The molecule has 0 aromatic heterocycles. The van der Waals surface area contributed by atoms with Gasteiger partial charge in [0.2, 0.25) is 0 Å². The molecule has 1 saturated carbocycles. The molecule has 7 heteroatoms. The summed E-state index contributed by atoms with van der Waals surface area (Å²) in [6, 6.07) is 7.27. The highest BCUT2D eigenvalue weighted by atomic mass is 35.5. The smallest absolute Gasteiger partial charge is 0.306 e. The number of aliphatic hydroxyl groups excluding tert-OH is 3. The highest BCUT2D eigenvalue weighted by molar-refractivity contribution is 6.21. The van der Waals surface area contributed by atoms with E-state index in [0.717, 1.165) is 5.56 Å². The lowest BCUT2D eigenvalue weighted by atomic mass is 9.92. The summed E-state index contributed by atoms with van der Waals surface area (Å²) in [6.45, 7) is 1.93. The highest BCUT2D eigenvalue weighted by Gasteiger charge is 2.41. The van der Waals surface area contributed by atoms with E-state index in [0.29, 0.717) is 31.6 Å². The lowest BCUT2D eigenvalue weighted by Gasteiger charge is -2.22. The molecular formula is C22H31ClO6. The normalized spacial score (nSPS) is 25.3. The number of rotatable bonds is 11. The Bertz CT molecular complexity index is 645. The number of carbonyl (C=O) groups excluding carboxylic acids is 1. The van der Waals surface area contributed by atoms with E-state index in [2.05, 4.69) is 0 Å². The molecule has 1 fully saturated rings. The molecule has 1 aromatic carbocycles. The van der Waals surface area contributed by atoms with Gasteiger partial charge in [-0.3, -0.25) is 4.79 Å². The van der Waals surface area contributed by atoms with Crippen molar-refractivity contribution in [2.75, 3.05) is 19.8 Å². The molecule has 0 aliphatic heterocycles. The number of alkyl halides is 1. The zero-order chi connectivity index (χ0) is 21.2. The van der Waals surface area contributed by atoms with Crippen LogP contribution in [0.15, 0.2) is 36.4 Å². The zero-order valence-electron chi connectivity index (χ0n) is 16.7. The molecule has 0 bridgehead atoms. The van der Waals surface area contributed by atoms with Crippen LogP contribution in [0, 0.1) is 11.8 Å². The second-order valence-corrected chi connectivity index (χ2v) is 7.95. The number of allylic oxidation sites excluding steroid dienone is 2. The Morgan fingerprint density at radius 3 is 2.66 bits per heavy atom. The van der Waals surface area contributed by atoms with Crippen molar-refractivity contribution >= 4 is 17.6 Å². The van der Waals surface area contributed by atoms with Gasteiger partial charge in [-0.05, 0) is 49.8 Å². The third-order valence-electron chi connectivity index (χ3n) is 5.22. The van der Waals surface area contributed by atoms with Crippen LogP contribution in [0.5, 0.6) is 5.75 Å². The first-order chi connectivity index (χ1) is 13.9. The van der Waals surface area contributed by atoms with Crippen molar-refractivity contribution in [2.24, 2.45) is 11.8 Å². The molecule has 5 atom stereocenters. The molecular weight excluding hydrogens is 396 g/mol. The first kappa shape index (κ1) is 23.7. The quantitative estimate of drug-likeness (QED) is 0.286. The molecule has 2 rings (SSSR count). The molecule has 1 aliphatic carbocycles. The van der Waals surface area contributed by atoms with E-state index in [1.165, 1.54) is 0 Å². The fourth-order valence-corrected chi connectivity index (χ4v) is 4.00. The summed E-state index contributed by atoms with van der Waals surface area (Å²) in [4.78, 5) is 11.4. The Balaban J connectivity index is 1.81. The maximum absolute atomic E-state index is 11.4. The lowest BCUT2D eigenvalue weighted by Crippen LogP contribution is -2.27. The van der Waals surface area contributed by atoms with E-state index in [9.17, 15) is 15.0 Å². The summed E-state index contributed by atoms with van der Waals surface area (Å²) in [7, 11) is 0. The SMILES string of the molecule is CC(O)c1ccc(OC[C@@H]2[C@@H](C/C=C\CCC(=O)OCCO)[C@H](Cl)C[C@H]2O)cc1. The molecule has 1 aromatic rings. The number of esters is 1. The fraction of sp³-hybridized carbons (Fsp3) is 0.591. The number of carbonyl (C=O) groups is 1. The van der Waals surface area contributed by atoms with E-state index in [1.807, 2.05) is 36.4 Å². The fourth-order valence-electron chi connectivity index (χ4n) is 3.53. The minimum Gasteiger partial charge on any atom is -0.493 e. The predicted molar refractivity (Wildman–Crippen MR) is 111 cm³/mol. The Morgan fingerprint density at radius 1 is 1.28 bits per heavy atom. The van der Waals surface area contributed by atoms with Crippen LogP contribution in [0.25, 0.3) is 0 Å². The first-order valence-electron chi connectivity index (χ1n) is 10.1. The standard InChI is InChI=1S/C22H31ClO6/c1-15(25)16-7-9-17(10-8-16)29-14-19-18(20(23)13-21(19)26)5-3-2-4-6-22(27)28-12-11-24/h2-3,7-10,15,18-21,24-26H,4-6,11-14H2,1H3/b3-2-/t15?,18-,19-,20-,21-/m1/s1. The molecule has 162 valence electrons. The maximum Gasteiger partial charge on any atom is 0.306 e. The summed E-state index contributed by atoms with van der Waals surface area (Å²) in [5, 5.41) is 28.4. The third kappa shape index (κ3) is 7.63. The minimum atomic E-state index is -0.523. The summed E-state index contributed by atoms with van der Waals surface area (Å²) >= 11 is 6.45.